The molecule has 0 unspecified atom stereocenters. The van der Waals surface area contributed by atoms with E-state index in [0.717, 1.165) is 11.8 Å². The van der Waals surface area contributed by atoms with Crippen molar-refractivity contribution in [3.63, 3.8) is 0 Å². The molecule has 0 aromatic carbocycles. The van der Waals surface area contributed by atoms with E-state index in [-0.39, 0.29) is 0 Å². The van der Waals surface area contributed by atoms with Gasteiger partial charge in [0, 0.05) is 12.7 Å². The van der Waals surface area contributed by atoms with Gasteiger partial charge in [-0.2, -0.15) is 0 Å². The Hall–Kier alpha value is -0.460. The normalized spacial score (nSPS) is 24.6. The average molecular weight is 237 g/mol. The first-order valence-corrected chi connectivity index (χ1v) is 7.64. The van der Waals surface area contributed by atoms with E-state index in [1.54, 1.807) is 0 Å². The molecular weight excluding hydrogens is 206 g/mol. The van der Waals surface area contributed by atoms with E-state index >= 15 is 0 Å². The Balaban J connectivity index is 2.05. The molecule has 1 N–H and O–H groups in total. The topological polar surface area (TPSA) is 12.0 Å². The quantitative estimate of drug-likeness (QED) is 0.593. The molecule has 1 fully saturated rings. The average Bonchev–Trinajstić information content (AvgIpc) is 2.38. The van der Waals surface area contributed by atoms with Gasteiger partial charge in [-0.1, -0.05) is 52.0 Å². The first-order chi connectivity index (χ1) is 8.27. The summed E-state index contributed by atoms with van der Waals surface area (Å²) in [4.78, 5) is 0. The first-order valence-electron chi connectivity index (χ1n) is 7.64. The SMILES string of the molecule is C=C(NC)C1CCC(CCCCCCC)CC1. The molecule has 1 heteroatoms. The maximum Gasteiger partial charge on any atom is 0.00625 e. The molecule has 0 saturated heterocycles. The standard InChI is InChI=1S/C16H31N/c1-4-5-6-7-8-9-15-10-12-16(13-11-15)14(2)17-3/h15-17H,2,4-13H2,1,3H3. The predicted octanol–water partition coefficient (Wildman–Crippen LogP) is 4.89. The van der Waals surface area contributed by atoms with Crippen LogP contribution in [-0.2, 0) is 0 Å². The van der Waals surface area contributed by atoms with Crippen LogP contribution in [0.5, 0.6) is 0 Å². The second-order valence-electron chi connectivity index (χ2n) is 5.70. The van der Waals surface area contributed by atoms with Gasteiger partial charge < -0.3 is 5.32 Å². The van der Waals surface area contributed by atoms with Crippen molar-refractivity contribution in [3.8, 4) is 0 Å². The molecule has 0 spiro atoms. The zero-order chi connectivity index (χ0) is 12.5. The van der Waals surface area contributed by atoms with E-state index in [1.807, 2.05) is 7.05 Å². The second-order valence-corrected chi connectivity index (χ2v) is 5.70. The molecule has 1 rings (SSSR count). The molecule has 0 aromatic rings. The highest BCUT2D eigenvalue weighted by Gasteiger charge is 2.22. The van der Waals surface area contributed by atoms with Crippen LogP contribution in [0.3, 0.4) is 0 Å². The van der Waals surface area contributed by atoms with Gasteiger partial charge in [0.2, 0.25) is 0 Å². The Morgan fingerprint density at radius 2 is 1.71 bits per heavy atom. The molecule has 1 nitrogen and oxygen atoms in total. The van der Waals surface area contributed by atoms with Crippen LogP contribution in [0.2, 0.25) is 0 Å². The van der Waals surface area contributed by atoms with Crippen molar-refractivity contribution in [3.05, 3.63) is 12.3 Å². The van der Waals surface area contributed by atoms with Crippen LogP contribution < -0.4 is 5.32 Å². The summed E-state index contributed by atoms with van der Waals surface area (Å²) in [6, 6.07) is 0. The molecule has 0 bridgehead atoms. The Bertz CT molecular complexity index is 202. The third-order valence-corrected chi connectivity index (χ3v) is 4.38. The van der Waals surface area contributed by atoms with Crippen LogP contribution in [0.1, 0.15) is 71.1 Å². The number of hydrogen-bond acceptors (Lipinski definition) is 1. The molecule has 100 valence electrons. The van der Waals surface area contributed by atoms with Crippen molar-refractivity contribution in [1.82, 2.24) is 5.32 Å². The van der Waals surface area contributed by atoms with Crippen LogP contribution in [0.4, 0.5) is 0 Å². The molecule has 0 heterocycles. The van der Waals surface area contributed by atoms with Gasteiger partial charge in [-0.3, -0.25) is 0 Å². The summed E-state index contributed by atoms with van der Waals surface area (Å²) in [6.07, 6.45) is 14.2. The largest absolute Gasteiger partial charge is 0.392 e. The summed E-state index contributed by atoms with van der Waals surface area (Å²) in [7, 11) is 2.00. The molecular formula is C16H31N. The summed E-state index contributed by atoms with van der Waals surface area (Å²) in [5, 5.41) is 3.22. The van der Waals surface area contributed by atoms with Gasteiger partial charge in [0.05, 0.1) is 0 Å². The maximum absolute atomic E-state index is 4.11. The molecule has 0 radical (unpaired) electrons. The lowest BCUT2D eigenvalue weighted by Crippen LogP contribution is -2.21. The van der Waals surface area contributed by atoms with Crippen LogP contribution >= 0.6 is 0 Å². The Morgan fingerprint density at radius 3 is 2.29 bits per heavy atom. The van der Waals surface area contributed by atoms with Crippen molar-refractivity contribution < 1.29 is 0 Å². The lowest BCUT2D eigenvalue weighted by atomic mass is 9.78. The van der Waals surface area contributed by atoms with Gasteiger partial charge in [-0.25, -0.2) is 0 Å². The van der Waals surface area contributed by atoms with Crippen LogP contribution in [0, 0.1) is 11.8 Å². The third-order valence-electron chi connectivity index (χ3n) is 4.38. The van der Waals surface area contributed by atoms with Crippen LogP contribution in [0.25, 0.3) is 0 Å². The minimum atomic E-state index is 0.747. The van der Waals surface area contributed by atoms with Crippen LogP contribution in [-0.4, -0.2) is 7.05 Å². The maximum atomic E-state index is 4.11. The summed E-state index contributed by atoms with van der Waals surface area (Å²) in [5.74, 6) is 1.76. The Morgan fingerprint density at radius 1 is 1.06 bits per heavy atom. The highest BCUT2D eigenvalue weighted by Crippen LogP contribution is 2.34. The van der Waals surface area contributed by atoms with Crippen molar-refractivity contribution in [2.24, 2.45) is 11.8 Å². The fourth-order valence-corrected chi connectivity index (χ4v) is 3.04. The van der Waals surface area contributed by atoms with E-state index in [0.29, 0.717) is 0 Å². The van der Waals surface area contributed by atoms with Crippen LogP contribution in [0.15, 0.2) is 12.3 Å². The molecule has 0 atom stereocenters. The number of nitrogens with one attached hydrogen (secondary N) is 1. The minimum absolute atomic E-state index is 0.747. The molecule has 17 heavy (non-hydrogen) atoms. The van der Waals surface area contributed by atoms with Crippen molar-refractivity contribution in [2.45, 2.75) is 71.1 Å². The number of allylic oxidation sites excluding steroid dienone is 1. The summed E-state index contributed by atoms with van der Waals surface area (Å²) >= 11 is 0. The van der Waals surface area contributed by atoms with Gasteiger partial charge in [0.25, 0.3) is 0 Å². The smallest absolute Gasteiger partial charge is 0.00625 e. The fourth-order valence-electron chi connectivity index (χ4n) is 3.04. The van der Waals surface area contributed by atoms with Crippen molar-refractivity contribution >= 4 is 0 Å². The van der Waals surface area contributed by atoms with Gasteiger partial charge >= 0.3 is 0 Å². The number of unbranched alkanes of at least 4 members (excludes halogenated alkanes) is 4. The second kappa shape index (κ2) is 8.60. The zero-order valence-corrected chi connectivity index (χ0v) is 11.9. The molecule has 1 aliphatic carbocycles. The molecule has 0 aliphatic heterocycles. The Labute approximate surface area is 108 Å². The lowest BCUT2D eigenvalue weighted by Gasteiger charge is -2.29. The summed E-state index contributed by atoms with van der Waals surface area (Å²) in [5.41, 5.74) is 1.26. The predicted molar refractivity (Wildman–Crippen MR) is 77.0 cm³/mol. The number of rotatable bonds is 8. The Kier molecular flexibility index (Phi) is 7.39. The highest BCUT2D eigenvalue weighted by atomic mass is 14.8. The molecule has 1 aliphatic rings. The van der Waals surface area contributed by atoms with Crippen molar-refractivity contribution in [1.29, 1.82) is 0 Å². The summed E-state index contributed by atoms with van der Waals surface area (Å²) < 4.78 is 0. The molecule has 0 aromatic heterocycles. The monoisotopic (exact) mass is 237 g/mol. The summed E-state index contributed by atoms with van der Waals surface area (Å²) in [6.45, 7) is 6.39. The van der Waals surface area contributed by atoms with Crippen molar-refractivity contribution in [2.75, 3.05) is 7.05 Å². The lowest BCUT2D eigenvalue weighted by molar-refractivity contribution is 0.276. The van der Waals surface area contributed by atoms with E-state index in [4.69, 9.17) is 0 Å². The van der Waals surface area contributed by atoms with E-state index in [9.17, 15) is 0 Å². The highest BCUT2D eigenvalue weighted by molar-refractivity contribution is 4.98. The van der Waals surface area contributed by atoms with Gasteiger partial charge in [-0.15, -0.1) is 0 Å². The zero-order valence-electron chi connectivity index (χ0n) is 11.9. The molecule has 1 saturated carbocycles. The van der Waals surface area contributed by atoms with Gasteiger partial charge in [0.1, 0.15) is 0 Å². The first kappa shape index (κ1) is 14.6. The van der Waals surface area contributed by atoms with E-state index in [1.165, 1.54) is 69.9 Å². The fraction of sp³-hybridized carbons (Fsp3) is 0.875. The third kappa shape index (κ3) is 5.61. The van der Waals surface area contributed by atoms with E-state index in [2.05, 4.69) is 18.8 Å². The number of hydrogen-bond donors (Lipinski definition) is 1. The molecule has 0 amide bonds. The van der Waals surface area contributed by atoms with Gasteiger partial charge in [-0.05, 0) is 37.5 Å². The van der Waals surface area contributed by atoms with E-state index < -0.39 is 0 Å². The van der Waals surface area contributed by atoms with Gasteiger partial charge in [0.15, 0.2) is 0 Å². The minimum Gasteiger partial charge on any atom is -0.392 e.